The Labute approximate surface area is 137 Å². The average Bonchev–Trinajstić information content (AvgIpc) is 2.61. The van der Waals surface area contributed by atoms with Crippen molar-refractivity contribution in [2.24, 2.45) is 0 Å². The van der Waals surface area contributed by atoms with Crippen molar-refractivity contribution in [2.45, 2.75) is 31.7 Å². The summed E-state index contributed by atoms with van der Waals surface area (Å²) in [5, 5.41) is 0.566. The number of carbonyl (C=O) groups is 2. The summed E-state index contributed by atoms with van der Waals surface area (Å²) in [4.78, 5) is 28.5. The Kier molecular flexibility index (Phi) is 4.22. The number of anilines is 1. The minimum absolute atomic E-state index is 0.0129. The van der Waals surface area contributed by atoms with Gasteiger partial charge in [0.1, 0.15) is 6.04 Å². The second-order valence-electron chi connectivity index (χ2n) is 5.44. The molecule has 4 nitrogen and oxygen atoms in total. The lowest BCUT2D eigenvalue weighted by Crippen LogP contribution is -2.49. The Morgan fingerprint density at radius 2 is 2.00 bits per heavy atom. The maximum absolute atomic E-state index is 12.8. The van der Waals surface area contributed by atoms with Crippen molar-refractivity contribution in [3.63, 3.8) is 0 Å². The fourth-order valence-electron chi connectivity index (χ4n) is 3.04. The van der Waals surface area contributed by atoms with Crippen LogP contribution in [0.15, 0.2) is 22.7 Å². The molecule has 0 N–H and O–H groups in total. The number of hydrogen-bond donors (Lipinski definition) is 0. The predicted octanol–water partition coefficient (Wildman–Crippen LogP) is 3.22. The number of fused-ring (bicyclic) bond motifs is 1. The lowest BCUT2D eigenvalue weighted by Gasteiger charge is -2.34. The lowest BCUT2D eigenvalue weighted by molar-refractivity contribution is -0.138. The van der Waals surface area contributed by atoms with Gasteiger partial charge in [0.05, 0.1) is 5.02 Å². The molecule has 1 aromatic rings. The van der Waals surface area contributed by atoms with E-state index in [4.69, 9.17) is 11.6 Å². The zero-order valence-corrected chi connectivity index (χ0v) is 13.9. The molecule has 0 bridgehead atoms. The van der Waals surface area contributed by atoms with E-state index in [1.54, 1.807) is 15.9 Å². The van der Waals surface area contributed by atoms with Gasteiger partial charge in [-0.3, -0.25) is 9.59 Å². The Balaban J connectivity index is 1.93. The lowest BCUT2D eigenvalue weighted by atomic mass is 10.0. The van der Waals surface area contributed by atoms with Crippen LogP contribution in [0.1, 0.15) is 25.7 Å². The zero-order chi connectivity index (χ0) is 15.0. The molecular weight excluding hydrogens is 356 g/mol. The molecule has 1 unspecified atom stereocenters. The van der Waals surface area contributed by atoms with Crippen molar-refractivity contribution in [3.8, 4) is 0 Å². The van der Waals surface area contributed by atoms with Crippen LogP contribution in [0, 0.1) is 0 Å². The maximum Gasteiger partial charge on any atom is 0.249 e. The Morgan fingerprint density at radius 3 is 2.76 bits per heavy atom. The monoisotopic (exact) mass is 370 g/mol. The van der Waals surface area contributed by atoms with Crippen LogP contribution in [-0.2, 0) is 9.59 Å². The Morgan fingerprint density at radius 1 is 1.19 bits per heavy atom. The van der Waals surface area contributed by atoms with Crippen molar-refractivity contribution in [2.75, 3.05) is 18.0 Å². The Bertz CT molecular complexity index is 593. The third kappa shape index (κ3) is 2.81. The minimum atomic E-state index is -0.309. The zero-order valence-electron chi connectivity index (χ0n) is 11.5. The van der Waals surface area contributed by atoms with Gasteiger partial charge in [-0.05, 0) is 53.4 Å². The van der Waals surface area contributed by atoms with Crippen LogP contribution in [0.25, 0.3) is 0 Å². The van der Waals surface area contributed by atoms with Gasteiger partial charge >= 0.3 is 0 Å². The summed E-state index contributed by atoms with van der Waals surface area (Å²) >= 11 is 9.48. The number of halogens is 2. The fraction of sp³-hybridized carbons (Fsp3) is 0.467. The molecule has 0 spiro atoms. The highest BCUT2D eigenvalue weighted by atomic mass is 79.9. The summed E-state index contributed by atoms with van der Waals surface area (Å²) in [6.07, 6.45) is 3.11. The second kappa shape index (κ2) is 5.97. The predicted molar refractivity (Wildman–Crippen MR) is 85.5 cm³/mol. The van der Waals surface area contributed by atoms with Crippen LogP contribution < -0.4 is 4.90 Å². The van der Waals surface area contributed by atoms with Crippen LogP contribution in [0.2, 0.25) is 5.02 Å². The SMILES string of the molecule is O=C1C2CCCCN2C(=O)CCN1c1ccc(Br)c(Cl)c1. The van der Waals surface area contributed by atoms with Gasteiger partial charge in [-0.25, -0.2) is 0 Å². The van der Waals surface area contributed by atoms with Gasteiger partial charge in [0, 0.05) is 29.7 Å². The van der Waals surface area contributed by atoms with Crippen LogP contribution in [-0.4, -0.2) is 35.8 Å². The number of hydrogen-bond acceptors (Lipinski definition) is 2. The average molecular weight is 372 g/mol. The van der Waals surface area contributed by atoms with E-state index in [2.05, 4.69) is 15.9 Å². The van der Waals surface area contributed by atoms with Crippen molar-refractivity contribution < 1.29 is 9.59 Å². The summed E-state index contributed by atoms with van der Waals surface area (Å²) < 4.78 is 0.797. The number of amides is 2. The van der Waals surface area contributed by atoms with E-state index in [9.17, 15) is 9.59 Å². The van der Waals surface area contributed by atoms with E-state index in [0.29, 0.717) is 24.5 Å². The van der Waals surface area contributed by atoms with Crippen LogP contribution >= 0.6 is 27.5 Å². The van der Waals surface area contributed by atoms with Gasteiger partial charge in [0.2, 0.25) is 11.8 Å². The molecule has 0 aromatic heterocycles. The minimum Gasteiger partial charge on any atom is -0.331 e. The topological polar surface area (TPSA) is 40.6 Å². The number of benzene rings is 1. The Hall–Kier alpha value is -1.07. The molecule has 0 aliphatic carbocycles. The van der Waals surface area contributed by atoms with E-state index < -0.39 is 0 Å². The second-order valence-corrected chi connectivity index (χ2v) is 6.70. The van der Waals surface area contributed by atoms with Crippen molar-refractivity contribution in [1.29, 1.82) is 0 Å². The van der Waals surface area contributed by atoms with E-state index in [-0.39, 0.29) is 17.9 Å². The molecule has 112 valence electrons. The van der Waals surface area contributed by atoms with Gasteiger partial charge in [-0.1, -0.05) is 11.6 Å². The molecule has 2 aliphatic heterocycles. The molecule has 2 aliphatic rings. The molecule has 2 saturated heterocycles. The standard InChI is InChI=1S/C15H16BrClN2O2/c16-11-5-4-10(9-12(11)17)18-8-6-14(20)19-7-2-1-3-13(19)15(18)21/h4-5,9,13H,1-3,6-8H2. The summed E-state index contributed by atoms with van der Waals surface area (Å²) in [7, 11) is 0. The van der Waals surface area contributed by atoms with Crippen LogP contribution in [0.5, 0.6) is 0 Å². The third-order valence-electron chi connectivity index (χ3n) is 4.14. The summed E-state index contributed by atoms with van der Waals surface area (Å²) in [5.74, 6) is 0.0951. The number of rotatable bonds is 1. The van der Waals surface area contributed by atoms with E-state index in [1.165, 1.54) is 0 Å². The summed E-state index contributed by atoms with van der Waals surface area (Å²) in [6.45, 7) is 1.12. The fourth-order valence-corrected chi connectivity index (χ4v) is 3.46. The molecule has 2 fully saturated rings. The molecule has 2 amide bonds. The van der Waals surface area contributed by atoms with Crippen molar-refractivity contribution in [1.82, 2.24) is 4.90 Å². The first kappa shape index (κ1) is 14.9. The van der Waals surface area contributed by atoms with Gasteiger partial charge in [-0.2, -0.15) is 0 Å². The van der Waals surface area contributed by atoms with E-state index in [1.807, 2.05) is 12.1 Å². The van der Waals surface area contributed by atoms with E-state index in [0.717, 1.165) is 29.4 Å². The molecule has 3 rings (SSSR count). The number of piperidine rings is 1. The molecule has 1 aromatic carbocycles. The highest BCUT2D eigenvalue weighted by molar-refractivity contribution is 9.10. The first-order chi connectivity index (χ1) is 10.1. The van der Waals surface area contributed by atoms with E-state index >= 15 is 0 Å². The highest BCUT2D eigenvalue weighted by Gasteiger charge is 2.38. The first-order valence-electron chi connectivity index (χ1n) is 7.14. The molecular formula is C15H16BrClN2O2. The number of nitrogens with zero attached hydrogens (tertiary/aromatic N) is 2. The van der Waals surface area contributed by atoms with Gasteiger partial charge in [0.25, 0.3) is 0 Å². The molecule has 21 heavy (non-hydrogen) atoms. The molecule has 0 radical (unpaired) electrons. The van der Waals surface area contributed by atoms with Gasteiger partial charge in [0.15, 0.2) is 0 Å². The summed E-state index contributed by atoms with van der Waals surface area (Å²) in [5.41, 5.74) is 0.758. The normalized spacial score (nSPS) is 23.0. The highest BCUT2D eigenvalue weighted by Crippen LogP contribution is 2.31. The number of carbonyl (C=O) groups excluding carboxylic acids is 2. The first-order valence-corrected chi connectivity index (χ1v) is 8.31. The van der Waals surface area contributed by atoms with Crippen LogP contribution in [0.3, 0.4) is 0 Å². The molecule has 0 saturated carbocycles. The molecule has 6 heteroatoms. The van der Waals surface area contributed by atoms with Gasteiger partial charge < -0.3 is 9.80 Å². The van der Waals surface area contributed by atoms with Crippen LogP contribution in [0.4, 0.5) is 5.69 Å². The summed E-state index contributed by atoms with van der Waals surface area (Å²) in [6, 6.07) is 5.15. The van der Waals surface area contributed by atoms with Crippen molar-refractivity contribution >= 4 is 45.0 Å². The smallest absolute Gasteiger partial charge is 0.249 e. The van der Waals surface area contributed by atoms with Gasteiger partial charge in [-0.15, -0.1) is 0 Å². The molecule has 1 atom stereocenters. The maximum atomic E-state index is 12.8. The largest absolute Gasteiger partial charge is 0.331 e. The quantitative estimate of drug-likeness (QED) is 0.760. The molecule has 2 heterocycles. The van der Waals surface area contributed by atoms with Crippen molar-refractivity contribution in [3.05, 3.63) is 27.7 Å². The third-order valence-corrected chi connectivity index (χ3v) is 5.37.